The molecule has 6 heteroatoms. The molecule has 0 saturated heterocycles. The van der Waals surface area contributed by atoms with Crippen molar-refractivity contribution in [1.82, 2.24) is 4.72 Å². The third-order valence-electron chi connectivity index (χ3n) is 2.45. The number of hydrogen-bond acceptors (Lipinski definition) is 3. The molecule has 1 aliphatic carbocycles. The van der Waals surface area contributed by atoms with Gasteiger partial charge in [-0.3, -0.25) is 0 Å². The highest BCUT2D eigenvalue weighted by Gasteiger charge is 2.26. The van der Waals surface area contributed by atoms with Crippen LogP contribution in [-0.2, 0) is 15.8 Å². The van der Waals surface area contributed by atoms with E-state index in [1.807, 2.05) is 0 Å². The minimum atomic E-state index is -3.36. The van der Waals surface area contributed by atoms with E-state index < -0.39 is 16.0 Å². The molecule has 2 rings (SSSR count). The van der Waals surface area contributed by atoms with E-state index in [0.717, 1.165) is 12.8 Å². The quantitative estimate of drug-likeness (QED) is 0.821. The van der Waals surface area contributed by atoms with Crippen molar-refractivity contribution in [2.45, 2.75) is 24.6 Å². The zero-order valence-electron chi connectivity index (χ0n) is 9.09. The van der Waals surface area contributed by atoms with Gasteiger partial charge in [0.15, 0.2) is 0 Å². The number of hydrogen-bond donors (Lipinski definition) is 2. The Morgan fingerprint density at radius 3 is 2.71 bits per heavy atom. The van der Waals surface area contributed by atoms with E-state index in [2.05, 4.69) is 4.72 Å². The van der Waals surface area contributed by atoms with Crippen LogP contribution in [0.25, 0.3) is 0 Å². The molecule has 92 valence electrons. The lowest BCUT2D eigenvalue weighted by Gasteiger charge is -2.05. The van der Waals surface area contributed by atoms with Gasteiger partial charge in [-0.05, 0) is 30.5 Å². The van der Waals surface area contributed by atoms with E-state index in [4.69, 9.17) is 5.11 Å². The van der Waals surface area contributed by atoms with Crippen LogP contribution in [-0.4, -0.2) is 25.5 Å². The molecule has 5 nitrogen and oxygen atoms in total. The molecule has 1 fully saturated rings. The maximum Gasteiger partial charge on any atom is 0.335 e. The van der Waals surface area contributed by atoms with Gasteiger partial charge in [0.2, 0.25) is 10.0 Å². The Bertz CT molecular complexity index is 534. The molecule has 0 spiro atoms. The molecular weight excluding hydrogens is 242 g/mol. The molecule has 1 aliphatic rings. The first-order valence-corrected chi connectivity index (χ1v) is 6.94. The second-order valence-corrected chi connectivity index (χ2v) is 5.91. The summed E-state index contributed by atoms with van der Waals surface area (Å²) in [7, 11) is -3.36. The fraction of sp³-hybridized carbons (Fsp3) is 0.364. The van der Waals surface area contributed by atoms with Gasteiger partial charge >= 0.3 is 5.97 Å². The van der Waals surface area contributed by atoms with Crippen LogP contribution in [0.1, 0.15) is 28.8 Å². The number of benzene rings is 1. The lowest BCUT2D eigenvalue weighted by atomic mass is 10.1. The summed E-state index contributed by atoms with van der Waals surface area (Å²) in [6.07, 6.45) is 1.77. The SMILES string of the molecule is O=C(O)c1cccc(CS(=O)(=O)NC2CC2)c1. The van der Waals surface area contributed by atoms with Crippen LogP contribution in [0, 0.1) is 0 Å². The summed E-state index contributed by atoms with van der Waals surface area (Å²) >= 11 is 0. The van der Waals surface area contributed by atoms with Crippen molar-refractivity contribution < 1.29 is 18.3 Å². The highest BCUT2D eigenvalue weighted by atomic mass is 32.2. The number of aromatic carboxylic acids is 1. The molecule has 1 aromatic carbocycles. The Balaban J connectivity index is 2.12. The van der Waals surface area contributed by atoms with Crippen LogP contribution in [0.15, 0.2) is 24.3 Å². The molecular formula is C11H13NO4S. The zero-order valence-corrected chi connectivity index (χ0v) is 9.90. The number of nitrogens with one attached hydrogen (secondary N) is 1. The first-order chi connectivity index (χ1) is 7.96. The third-order valence-corrected chi connectivity index (χ3v) is 3.86. The van der Waals surface area contributed by atoms with E-state index in [9.17, 15) is 13.2 Å². The zero-order chi connectivity index (χ0) is 12.5. The molecule has 0 amide bonds. The number of carboxylic acids is 1. The smallest absolute Gasteiger partial charge is 0.335 e. The van der Waals surface area contributed by atoms with E-state index in [0.29, 0.717) is 5.56 Å². The van der Waals surface area contributed by atoms with Crippen LogP contribution in [0.3, 0.4) is 0 Å². The van der Waals surface area contributed by atoms with Crippen molar-refractivity contribution in [2.75, 3.05) is 0 Å². The van der Waals surface area contributed by atoms with Gasteiger partial charge in [0.25, 0.3) is 0 Å². The lowest BCUT2D eigenvalue weighted by molar-refractivity contribution is 0.0696. The van der Waals surface area contributed by atoms with E-state index in [-0.39, 0.29) is 17.4 Å². The van der Waals surface area contributed by atoms with E-state index >= 15 is 0 Å². The highest BCUT2D eigenvalue weighted by Crippen LogP contribution is 2.20. The topological polar surface area (TPSA) is 83.5 Å². The summed E-state index contributed by atoms with van der Waals surface area (Å²) in [4.78, 5) is 10.7. The Hall–Kier alpha value is -1.40. The molecule has 0 aromatic heterocycles. The molecule has 0 radical (unpaired) electrons. The van der Waals surface area contributed by atoms with Crippen LogP contribution >= 0.6 is 0 Å². The highest BCUT2D eigenvalue weighted by molar-refractivity contribution is 7.88. The Labute approximate surface area is 99.5 Å². The number of carboxylic acid groups (broad SMARTS) is 1. The fourth-order valence-corrected chi connectivity index (χ4v) is 2.96. The monoisotopic (exact) mass is 255 g/mol. The van der Waals surface area contributed by atoms with Gasteiger partial charge in [0.05, 0.1) is 11.3 Å². The molecule has 0 bridgehead atoms. The molecule has 1 aromatic rings. The van der Waals surface area contributed by atoms with Crippen molar-refractivity contribution in [3.63, 3.8) is 0 Å². The van der Waals surface area contributed by atoms with Crippen molar-refractivity contribution in [1.29, 1.82) is 0 Å². The average molecular weight is 255 g/mol. The number of sulfonamides is 1. The number of rotatable bonds is 5. The largest absolute Gasteiger partial charge is 0.478 e. The van der Waals surface area contributed by atoms with Gasteiger partial charge in [0, 0.05) is 6.04 Å². The fourth-order valence-electron chi connectivity index (χ4n) is 1.51. The van der Waals surface area contributed by atoms with Gasteiger partial charge < -0.3 is 5.11 Å². The first kappa shape index (κ1) is 12.1. The molecule has 1 saturated carbocycles. The van der Waals surface area contributed by atoms with Gasteiger partial charge in [-0.1, -0.05) is 12.1 Å². The summed E-state index contributed by atoms with van der Waals surface area (Å²) in [6.45, 7) is 0. The predicted molar refractivity (Wildman–Crippen MR) is 62.2 cm³/mol. The number of carbonyl (C=O) groups is 1. The molecule has 0 heterocycles. The average Bonchev–Trinajstić information content (AvgIpc) is 3.00. The molecule has 0 unspecified atom stereocenters. The molecule has 0 atom stereocenters. The van der Waals surface area contributed by atoms with Crippen LogP contribution < -0.4 is 4.72 Å². The van der Waals surface area contributed by atoms with Crippen LogP contribution in [0.4, 0.5) is 0 Å². The Morgan fingerprint density at radius 2 is 2.12 bits per heavy atom. The van der Waals surface area contributed by atoms with E-state index in [1.54, 1.807) is 12.1 Å². The Kier molecular flexibility index (Phi) is 3.17. The third kappa shape index (κ3) is 3.54. The summed E-state index contributed by atoms with van der Waals surface area (Å²) in [5, 5.41) is 8.80. The van der Waals surface area contributed by atoms with Gasteiger partial charge in [-0.25, -0.2) is 17.9 Å². The van der Waals surface area contributed by atoms with Crippen molar-refractivity contribution in [3.8, 4) is 0 Å². The summed E-state index contributed by atoms with van der Waals surface area (Å²) < 4.78 is 25.9. The minimum Gasteiger partial charge on any atom is -0.478 e. The van der Waals surface area contributed by atoms with Gasteiger partial charge in [-0.15, -0.1) is 0 Å². The van der Waals surface area contributed by atoms with Crippen molar-refractivity contribution >= 4 is 16.0 Å². The summed E-state index contributed by atoms with van der Waals surface area (Å²) in [5.74, 6) is -1.23. The lowest BCUT2D eigenvalue weighted by Crippen LogP contribution is -2.27. The molecule has 0 aliphatic heterocycles. The standard InChI is InChI=1S/C11H13NO4S/c13-11(14)9-3-1-2-8(6-9)7-17(15,16)12-10-4-5-10/h1-3,6,10,12H,4-5,7H2,(H,13,14). The molecule has 2 N–H and O–H groups in total. The first-order valence-electron chi connectivity index (χ1n) is 5.28. The van der Waals surface area contributed by atoms with Crippen molar-refractivity contribution in [3.05, 3.63) is 35.4 Å². The predicted octanol–water partition coefficient (Wildman–Crippen LogP) is 0.967. The molecule has 17 heavy (non-hydrogen) atoms. The maximum atomic E-state index is 11.7. The van der Waals surface area contributed by atoms with Gasteiger partial charge in [-0.2, -0.15) is 0 Å². The normalized spacial score (nSPS) is 15.8. The minimum absolute atomic E-state index is 0.0719. The summed E-state index contributed by atoms with van der Waals surface area (Å²) in [5.41, 5.74) is 0.585. The van der Waals surface area contributed by atoms with Gasteiger partial charge in [0.1, 0.15) is 0 Å². The second kappa shape index (κ2) is 4.46. The summed E-state index contributed by atoms with van der Waals surface area (Å²) in [6, 6.07) is 6.05. The van der Waals surface area contributed by atoms with Crippen molar-refractivity contribution in [2.24, 2.45) is 0 Å². The van der Waals surface area contributed by atoms with Crippen LogP contribution in [0.5, 0.6) is 0 Å². The maximum absolute atomic E-state index is 11.7. The second-order valence-electron chi connectivity index (χ2n) is 4.16. The Morgan fingerprint density at radius 1 is 1.41 bits per heavy atom. The van der Waals surface area contributed by atoms with Crippen LogP contribution in [0.2, 0.25) is 0 Å². The van der Waals surface area contributed by atoms with E-state index in [1.165, 1.54) is 12.1 Å².